The van der Waals surface area contributed by atoms with E-state index in [-0.39, 0.29) is 24.1 Å². The van der Waals surface area contributed by atoms with Gasteiger partial charge in [-0.25, -0.2) is 8.78 Å². The first kappa shape index (κ1) is 21.5. The van der Waals surface area contributed by atoms with E-state index < -0.39 is 5.82 Å². The first-order valence-electron chi connectivity index (χ1n) is 10.3. The minimum absolute atomic E-state index is 0.120. The number of halogens is 2. The highest BCUT2D eigenvalue weighted by Gasteiger charge is 2.23. The predicted octanol–water partition coefficient (Wildman–Crippen LogP) is 3.92. The van der Waals surface area contributed by atoms with E-state index in [9.17, 15) is 18.4 Å². The van der Waals surface area contributed by atoms with Gasteiger partial charge < -0.3 is 14.5 Å². The lowest BCUT2D eigenvalue weighted by molar-refractivity contribution is -0.133. The second-order valence-corrected chi connectivity index (χ2v) is 7.47. The fourth-order valence-electron chi connectivity index (χ4n) is 3.61. The predicted molar refractivity (Wildman–Crippen MR) is 117 cm³/mol. The summed E-state index contributed by atoms with van der Waals surface area (Å²) in [6.07, 6.45) is 0. The SMILES string of the molecule is O=C(c1ccc(F)cc1)c1ccc(OCC(=O)N2CCN(c3ccccc3F)CC2)cc1. The van der Waals surface area contributed by atoms with Crippen molar-refractivity contribution in [3.8, 4) is 5.75 Å². The number of anilines is 1. The first-order valence-corrected chi connectivity index (χ1v) is 10.3. The summed E-state index contributed by atoms with van der Waals surface area (Å²) in [5, 5.41) is 0. The third-order valence-electron chi connectivity index (χ3n) is 5.41. The summed E-state index contributed by atoms with van der Waals surface area (Å²) < 4.78 is 32.6. The second kappa shape index (κ2) is 9.60. The Morgan fingerprint density at radius 1 is 0.781 bits per heavy atom. The van der Waals surface area contributed by atoms with Gasteiger partial charge in [0.2, 0.25) is 0 Å². The molecule has 5 nitrogen and oxygen atoms in total. The van der Waals surface area contributed by atoms with Gasteiger partial charge in [0.25, 0.3) is 5.91 Å². The number of nitrogens with zero attached hydrogens (tertiary/aromatic N) is 2. The number of hydrogen-bond acceptors (Lipinski definition) is 4. The third-order valence-corrected chi connectivity index (χ3v) is 5.41. The molecule has 0 unspecified atom stereocenters. The maximum atomic E-state index is 14.0. The van der Waals surface area contributed by atoms with Crippen LogP contribution in [0.2, 0.25) is 0 Å². The molecule has 1 fully saturated rings. The summed E-state index contributed by atoms with van der Waals surface area (Å²) in [6, 6.07) is 18.4. The molecule has 1 aliphatic rings. The molecule has 0 saturated carbocycles. The Balaban J connectivity index is 1.27. The molecule has 4 rings (SSSR count). The van der Waals surface area contributed by atoms with Crippen LogP contribution >= 0.6 is 0 Å². The summed E-state index contributed by atoms with van der Waals surface area (Å²) in [6.45, 7) is 1.95. The number of piperazine rings is 1. The highest BCUT2D eigenvalue weighted by atomic mass is 19.1. The second-order valence-electron chi connectivity index (χ2n) is 7.47. The number of rotatable bonds is 6. The van der Waals surface area contributed by atoms with Gasteiger partial charge in [-0.3, -0.25) is 9.59 Å². The van der Waals surface area contributed by atoms with Gasteiger partial charge in [-0.1, -0.05) is 12.1 Å². The molecule has 3 aromatic carbocycles. The zero-order valence-corrected chi connectivity index (χ0v) is 17.3. The zero-order valence-electron chi connectivity index (χ0n) is 17.3. The number of ether oxygens (including phenoxy) is 1. The Bertz CT molecular complexity index is 1090. The summed E-state index contributed by atoms with van der Waals surface area (Å²) in [5.74, 6) is -0.565. The van der Waals surface area contributed by atoms with E-state index in [0.717, 1.165) is 0 Å². The number of hydrogen-bond donors (Lipinski definition) is 0. The van der Waals surface area contributed by atoms with Crippen molar-refractivity contribution in [2.45, 2.75) is 0 Å². The fraction of sp³-hybridized carbons (Fsp3) is 0.200. The van der Waals surface area contributed by atoms with Gasteiger partial charge in [-0.05, 0) is 60.7 Å². The molecule has 0 spiro atoms. The van der Waals surface area contributed by atoms with Crippen LogP contribution in [0.1, 0.15) is 15.9 Å². The van der Waals surface area contributed by atoms with Crippen LogP contribution in [-0.2, 0) is 4.79 Å². The van der Waals surface area contributed by atoms with Crippen LogP contribution in [0.25, 0.3) is 0 Å². The largest absolute Gasteiger partial charge is 0.484 e. The summed E-state index contributed by atoms with van der Waals surface area (Å²) in [5.41, 5.74) is 1.38. The quantitative estimate of drug-likeness (QED) is 0.550. The molecule has 0 aliphatic carbocycles. The molecule has 1 saturated heterocycles. The lowest BCUT2D eigenvalue weighted by atomic mass is 10.0. The van der Waals surface area contributed by atoms with E-state index >= 15 is 0 Å². The van der Waals surface area contributed by atoms with Crippen LogP contribution in [0.3, 0.4) is 0 Å². The van der Waals surface area contributed by atoms with Crippen molar-refractivity contribution >= 4 is 17.4 Å². The van der Waals surface area contributed by atoms with Crippen molar-refractivity contribution in [1.29, 1.82) is 0 Å². The maximum Gasteiger partial charge on any atom is 0.260 e. The fourth-order valence-corrected chi connectivity index (χ4v) is 3.61. The lowest BCUT2D eigenvalue weighted by Crippen LogP contribution is -2.50. The van der Waals surface area contributed by atoms with E-state index in [2.05, 4.69) is 0 Å². The molecule has 0 bridgehead atoms. The Hall–Kier alpha value is -3.74. The highest BCUT2D eigenvalue weighted by Crippen LogP contribution is 2.20. The smallest absolute Gasteiger partial charge is 0.260 e. The zero-order chi connectivity index (χ0) is 22.5. The Labute approximate surface area is 184 Å². The Kier molecular flexibility index (Phi) is 6.44. The van der Waals surface area contributed by atoms with Crippen molar-refractivity contribution in [2.75, 3.05) is 37.7 Å². The van der Waals surface area contributed by atoms with Crippen LogP contribution < -0.4 is 9.64 Å². The van der Waals surface area contributed by atoms with E-state index in [1.165, 1.54) is 30.3 Å². The molecule has 3 aromatic rings. The van der Waals surface area contributed by atoms with Gasteiger partial charge >= 0.3 is 0 Å². The monoisotopic (exact) mass is 436 g/mol. The molecule has 0 N–H and O–H groups in total. The molecule has 0 aromatic heterocycles. The van der Waals surface area contributed by atoms with Gasteiger partial charge in [0, 0.05) is 37.3 Å². The summed E-state index contributed by atoms with van der Waals surface area (Å²) in [4.78, 5) is 28.6. The Morgan fingerprint density at radius 3 is 2.00 bits per heavy atom. The van der Waals surface area contributed by atoms with Gasteiger partial charge in [0.15, 0.2) is 12.4 Å². The van der Waals surface area contributed by atoms with Crippen LogP contribution in [0, 0.1) is 11.6 Å². The van der Waals surface area contributed by atoms with E-state index in [1.54, 1.807) is 47.4 Å². The van der Waals surface area contributed by atoms with Gasteiger partial charge in [0.1, 0.15) is 17.4 Å². The molecular weight excluding hydrogens is 414 g/mol. The third kappa shape index (κ3) is 4.94. The van der Waals surface area contributed by atoms with Gasteiger partial charge in [0.05, 0.1) is 5.69 Å². The van der Waals surface area contributed by atoms with Gasteiger partial charge in [-0.2, -0.15) is 0 Å². The van der Waals surface area contributed by atoms with Crippen LogP contribution in [0.5, 0.6) is 5.75 Å². The number of carbonyl (C=O) groups is 2. The van der Waals surface area contributed by atoms with Crippen molar-refractivity contribution in [1.82, 2.24) is 4.90 Å². The van der Waals surface area contributed by atoms with Crippen LogP contribution in [0.4, 0.5) is 14.5 Å². The van der Waals surface area contributed by atoms with E-state index in [0.29, 0.717) is 48.7 Å². The average molecular weight is 436 g/mol. The lowest BCUT2D eigenvalue weighted by Gasteiger charge is -2.36. The maximum absolute atomic E-state index is 14.0. The van der Waals surface area contributed by atoms with Crippen molar-refractivity contribution in [3.63, 3.8) is 0 Å². The Morgan fingerprint density at radius 2 is 1.38 bits per heavy atom. The van der Waals surface area contributed by atoms with Crippen LogP contribution in [-0.4, -0.2) is 49.4 Å². The normalized spacial score (nSPS) is 13.7. The molecule has 1 heterocycles. The number of para-hydroxylation sites is 1. The van der Waals surface area contributed by atoms with E-state index in [1.807, 2.05) is 4.90 Å². The minimum Gasteiger partial charge on any atom is -0.484 e. The van der Waals surface area contributed by atoms with Crippen LogP contribution in [0.15, 0.2) is 72.8 Å². The summed E-state index contributed by atoms with van der Waals surface area (Å²) in [7, 11) is 0. The van der Waals surface area contributed by atoms with Crippen molar-refractivity contribution in [3.05, 3.63) is 95.6 Å². The number of carbonyl (C=O) groups excluding carboxylic acids is 2. The number of amides is 1. The number of ketones is 1. The molecule has 0 radical (unpaired) electrons. The number of benzene rings is 3. The highest BCUT2D eigenvalue weighted by molar-refractivity contribution is 6.09. The molecule has 0 atom stereocenters. The molecule has 1 amide bonds. The van der Waals surface area contributed by atoms with Crippen molar-refractivity contribution < 1.29 is 23.1 Å². The first-order chi connectivity index (χ1) is 15.5. The molecule has 1 aliphatic heterocycles. The molecular formula is C25H22F2N2O3. The molecule has 7 heteroatoms. The standard InChI is InChI=1S/C25H22F2N2O3/c26-20-9-5-18(6-10-20)25(31)19-7-11-21(12-8-19)32-17-24(30)29-15-13-28(14-16-29)23-4-2-1-3-22(23)27/h1-12H,13-17H2. The summed E-state index contributed by atoms with van der Waals surface area (Å²) >= 11 is 0. The molecule has 32 heavy (non-hydrogen) atoms. The molecule has 164 valence electrons. The minimum atomic E-state index is -0.399. The average Bonchev–Trinajstić information content (AvgIpc) is 2.83. The van der Waals surface area contributed by atoms with Crippen molar-refractivity contribution in [2.24, 2.45) is 0 Å². The van der Waals surface area contributed by atoms with E-state index in [4.69, 9.17) is 4.74 Å². The topological polar surface area (TPSA) is 49.9 Å². The van der Waals surface area contributed by atoms with Gasteiger partial charge in [-0.15, -0.1) is 0 Å².